The molecule has 8 heteroatoms. The van der Waals surface area contributed by atoms with Gasteiger partial charge < -0.3 is 5.32 Å². The number of hydrogen-bond acceptors (Lipinski definition) is 6. The molecule has 0 radical (unpaired) electrons. The first kappa shape index (κ1) is 18.1. The van der Waals surface area contributed by atoms with Gasteiger partial charge in [-0.15, -0.1) is 11.3 Å². The number of hydrogen-bond donors (Lipinski definition) is 2. The van der Waals surface area contributed by atoms with Gasteiger partial charge in [-0.3, -0.25) is 4.79 Å². The van der Waals surface area contributed by atoms with Crippen LogP contribution in [0.1, 0.15) is 28.8 Å². The molecule has 0 bridgehead atoms. The molecular formula is C19H18BrN5OS. The van der Waals surface area contributed by atoms with Crippen LogP contribution in [0.5, 0.6) is 0 Å². The number of halogens is 1. The number of nitrogens with zero attached hydrogens (tertiary/aromatic N) is 3. The van der Waals surface area contributed by atoms with Crippen molar-refractivity contribution in [2.45, 2.75) is 25.7 Å². The van der Waals surface area contributed by atoms with Crippen molar-refractivity contribution in [2.75, 3.05) is 11.9 Å². The number of carbonyl (C=O) groups is 1. The Bertz CT molecular complexity index is 999. The van der Waals surface area contributed by atoms with Gasteiger partial charge in [-0.1, -0.05) is 28.1 Å². The predicted molar refractivity (Wildman–Crippen MR) is 112 cm³/mol. The van der Waals surface area contributed by atoms with Crippen molar-refractivity contribution in [1.82, 2.24) is 15.4 Å². The Morgan fingerprint density at radius 2 is 2.04 bits per heavy atom. The van der Waals surface area contributed by atoms with Gasteiger partial charge in [-0.25, -0.2) is 15.4 Å². The topological polar surface area (TPSA) is 79.3 Å². The van der Waals surface area contributed by atoms with E-state index in [0.29, 0.717) is 0 Å². The second-order valence-electron chi connectivity index (χ2n) is 6.31. The summed E-state index contributed by atoms with van der Waals surface area (Å²) < 4.78 is 1.000. The first-order chi connectivity index (χ1) is 13.2. The van der Waals surface area contributed by atoms with Crippen molar-refractivity contribution in [3.8, 4) is 0 Å². The second kappa shape index (κ2) is 8.14. The van der Waals surface area contributed by atoms with Gasteiger partial charge in [0.25, 0.3) is 5.91 Å². The first-order valence-electron chi connectivity index (χ1n) is 8.77. The molecule has 6 nitrogen and oxygen atoms in total. The molecule has 1 aliphatic rings. The van der Waals surface area contributed by atoms with E-state index in [0.717, 1.165) is 38.9 Å². The number of fused-ring (bicyclic) bond motifs is 3. The van der Waals surface area contributed by atoms with E-state index in [4.69, 9.17) is 0 Å². The largest absolute Gasteiger partial charge is 0.360 e. The number of thiophene rings is 1. The van der Waals surface area contributed by atoms with Crippen LogP contribution in [0.25, 0.3) is 10.2 Å². The molecule has 0 saturated carbocycles. The van der Waals surface area contributed by atoms with Crippen LogP contribution in [0, 0.1) is 0 Å². The van der Waals surface area contributed by atoms with Crippen LogP contribution in [0.2, 0.25) is 0 Å². The van der Waals surface area contributed by atoms with Crippen LogP contribution in [-0.4, -0.2) is 28.6 Å². The van der Waals surface area contributed by atoms with Gasteiger partial charge in [0.2, 0.25) is 0 Å². The number of carbonyl (C=O) groups excluding carboxylic acids is 1. The quantitative estimate of drug-likeness (QED) is 0.462. The Morgan fingerprint density at radius 1 is 1.22 bits per heavy atom. The molecule has 2 N–H and O–H groups in total. The average molecular weight is 444 g/mol. The third-order valence-electron chi connectivity index (χ3n) is 4.44. The van der Waals surface area contributed by atoms with E-state index in [1.807, 2.05) is 24.3 Å². The van der Waals surface area contributed by atoms with E-state index >= 15 is 0 Å². The molecule has 27 heavy (non-hydrogen) atoms. The maximum Gasteiger partial charge on any atom is 0.259 e. The number of amides is 1. The zero-order valence-corrected chi connectivity index (χ0v) is 16.9. The van der Waals surface area contributed by atoms with E-state index in [-0.39, 0.29) is 12.5 Å². The molecule has 0 fully saturated rings. The fourth-order valence-corrected chi connectivity index (χ4v) is 4.65. The Balaban J connectivity index is 1.40. The summed E-state index contributed by atoms with van der Waals surface area (Å²) in [6, 6.07) is 7.67. The van der Waals surface area contributed by atoms with Crippen molar-refractivity contribution in [2.24, 2.45) is 5.10 Å². The summed E-state index contributed by atoms with van der Waals surface area (Å²) in [5.74, 6) is 0.505. The average Bonchev–Trinajstić information content (AvgIpc) is 3.07. The van der Waals surface area contributed by atoms with Crippen LogP contribution in [0.15, 0.2) is 40.2 Å². The lowest BCUT2D eigenvalue weighted by Crippen LogP contribution is -2.26. The number of anilines is 1. The van der Waals surface area contributed by atoms with Gasteiger partial charge >= 0.3 is 0 Å². The van der Waals surface area contributed by atoms with Crippen molar-refractivity contribution in [3.63, 3.8) is 0 Å². The van der Waals surface area contributed by atoms with E-state index in [9.17, 15) is 4.79 Å². The monoisotopic (exact) mass is 443 g/mol. The summed E-state index contributed by atoms with van der Waals surface area (Å²) in [6.07, 6.45) is 7.76. The molecule has 138 valence electrons. The fourth-order valence-electron chi connectivity index (χ4n) is 3.16. The molecular weight excluding hydrogens is 426 g/mol. The Labute approximate surface area is 169 Å². The number of aromatic nitrogens is 2. The standard InChI is InChI=1S/C19H18BrN5OS/c20-13-7-5-12(6-8-13)9-24-25-16(26)10-21-18-17-14-3-1-2-4-15(14)27-19(17)23-11-22-18/h5-9,11H,1-4,10H2,(H,25,26)(H,21,22,23)/b24-9+. The Hall–Kier alpha value is -2.32. The molecule has 0 unspecified atom stereocenters. The maximum atomic E-state index is 12.1. The van der Waals surface area contributed by atoms with Crippen molar-refractivity contribution in [1.29, 1.82) is 0 Å². The van der Waals surface area contributed by atoms with Crippen LogP contribution < -0.4 is 10.7 Å². The maximum absolute atomic E-state index is 12.1. The number of hydrazone groups is 1. The lowest BCUT2D eigenvalue weighted by atomic mass is 9.97. The van der Waals surface area contributed by atoms with Gasteiger partial charge in [0.15, 0.2) is 0 Å². The van der Waals surface area contributed by atoms with Gasteiger partial charge in [-0.2, -0.15) is 5.10 Å². The first-order valence-corrected chi connectivity index (χ1v) is 10.4. The lowest BCUT2D eigenvalue weighted by molar-refractivity contribution is -0.119. The lowest BCUT2D eigenvalue weighted by Gasteiger charge is -2.12. The minimum Gasteiger partial charge on any atom is -0.360 e. The van der Waals surface area contributed by atoms with Crippen LogP contribution in [0.3, 0.4) is 0 Å². The zero-order chi connectivity index (χ0) is 18.6. The number of nitrogens with one attached hydrogen (secondary N) is 2. The third kappa shape index (κ3) is 4.17. The molecule has 0 atom stereocenters. The minimum absolute atomic E-state index is 0.106. The van der Waals surface area contributed by atoms with Gasteiger partial charge in [0.1, 0.15) is 17.0 Å². The van der Waals surface area contributed by atoms with Crippen LogP contribution in [0.4, 0.5) is 5.82 Å². The summed E-state index contributed by atoms with van der Waals surface area (Å²) in [7, 11) is 0. The van der Waals surface area contributed by atoms with Crippen LogP contribution in [-0.2, 0) is 17.6 Å². The summed E-state index contributed by atoms with van der Waals surface area (Å²) in [5.41, 5.74) is 4.79. The number of rotatable bonds is 5. The fraction of sp³-hybridized carbons (Fsp3) is 0.263. The molecule has 1 aliphatic carbocycles. The highest BCUT2D eigenvalue weighted by Crippen LogP contribution is 2.37. The smallest absolute Gasteiger partial charge is 0.259 e. The van der Waals surface area contributed by atoms with Crippen LogP contribution >= 0.6 is 27.3 Å². The van der Waals surface area contributed by atoms with E-state index < -0.39 is 0 Å². The molecule has 1 amide bonds. The van der Waals surface area contributed by atoms with Crippen molar-refractivity contribution < 1.29 is 4.79 Å². The highest BCUT2D eigenvalue weighted by molar-refractivity contribution is 9.10. The normalized spacial score (nSPS) is 13.7. The van der Waals surface area contributed by atoms with E-state index in [1.54, 1.807) is 23.9 Å². The zero-order valence-electron chi connectivity index (χ0n) is 14.5. The van der Waals surface area contributed by atoms with E-state index in [2.05, 4.69) is 41.7 Å². The Kier molecular flexibility index (Phi) is 5.45. The van der Waals surface area contributed by atoms with Gasteiger partial charge in [0.05, 0.1) is 18.1 Å². The van der Waals surface area contributed by atoms with Crippen molar-refractivity contribution in [3.05, 3.63) is 51.1 Å². The predicted octanol–water partition coefficient (Wildman–Crippen LogP) is 3.89. The second-order valence-corrected chi connectivity index (χ2v) is 8.31. The van der Waals surface area contributed by atoms with E-state index in [1.165, 1.54) is 23.3 Å². The Morgan fingerprint density at radius 3 is 2.89 bits per heavy atom. The molecule has 0 aliphatic heterocycles. The highest BCUT2D eigenvalue weighted by atomic mass is 79.9. The number of aryl methyl sites for hydroxylation is 2. The molecule has 1 aromatic carbocycles. The number of benzene rings is 1. The summed E-state index contributed by atoms with van der Waals surface area (Å²) in [4.78, 5) is 23.2. The summed E-state index contributed by atoms with van der Waals surface area (Å²) in [6.45, 7) is 0.106. The molecule has 2 heterocycles. The summed E-state index contributed by atoms with van der Waals surface area (Å²) >= 11 is 5.13. The molecule has 0 saturated heterocycles. The van der Waals surface area contributed by atoms with Gasteiger partial charge in [0, 0.05) is 9.35 Å². The molecule has 3 aromatic rings. The SMILES string of the molecule is O=C(CNc1ncnc2sc3c(c12)CCCC3)N/N=C/c1ccc(Br)cc1. The molecule has 4 rings (SSSR count). The third-order valence-corrected chi connectivity index (χ3v) is 6.17. The van der Waals surface area contributed by atoms with Gasteiger partial charge in [-0.05, 0) is 48.9 Å². The molecule has 2 aromatic heterocycles. The summed E-state index contributed by atoms with van der Waals surface area (Å²) in [5, 5.41) is 8.21. The highest BCUT2D eigenvalue weighted by Gasteiger charge is 2.19. The van der Waals surface area contributed by atoms with Crippen molar-refractivity contribution >= 4 is 55.4 Å². The molecule has 0 spiro atoms. The minimum atomic E-state index is -0.223.